The molecule has 1 heterocycles. The Bertz CT molecular complexity index is 537. The average Bonchev–Trinajstić information content (AvgIpc) is 2.59. The van der Waals surface area contributed by atoms with Crippen LogP contribution < -0.4 is 20.1 Å². The standard InChI is InChI=1S/C16H23F2N3O3/c1-23-14-11-12(3-4-13(14)24-16(17)18)15(22)20-5-2-8-21-9-6-19-7-10-21/h3-4,11,16,19H,2,5-10H2,1H3,(H,20,22). The molecular formula is C16H23F2N3O3. The van der Waals surface area contributed by atoms with Crippen LogP contribution in [-0.4, -0.2) is 63.8 Å². The molecule has 0 aromatic heterocycles. The molecule has 1 aromatic carbocycles. The minimum atomic E-state index is -2.94. The lowest BCUT2D eigenvalue weighted by Crippen LogP contribution is -2.44. The van der Waals surface area contributed by atoms with Crippen LogP contribution in [0.25, 0.3) is 0 Å². The third kappa shape index (κ3) is 5.61. The molecule has 1 fully saturated rings. The van der Waals surface area contributed by atoms with Crippen LogP contribution in [0.1, 0.15) is 16.8 Å². The zero-order valence-electron chi connectivity index (χ0n) is 13.7. The zero-order chi connectivity index (χ0) is 17.4. The van der Waals surface area contributed by atoms with Crippen LogP contribution in [0.5, 0.6) is 11.5 Å². The second-order valence-corrected chi connectivity index (χ2v) is 5.45. The molecule has 1 aliphatic heterocycles. The molecule has 0 radical (unpaired) electrons. The van der Waals surface area contributed by atoms with Crippen LogP contribution in [0.4, 0.5) is 8.78 Å². The van der Waals surface area contributed by atoms with Crippen LogP contribution in [0, 0.1) is 0 Å². The molecule has 0 atom stereocenters. The van der Waals surface area contributed by atoms with Gasteiger partial charge in [0.25, 0.3) is 5.91 Å². The summed E-state index contributed by atoms with van der Waals surface area (Å²) < 4.78 is 33.9. The molecule has 0 unspecified atom stereocenters. The number of hydrogen-bond donors (Lipinski definition) is 2. The molecule has 24 heavy (non-hydrogen) atoms. The Labute approximate surface area is 140 Å². The molecule has 2 rings (SSSR count). The molecular weight excluding hydrogens is 320 g/mol. The van der Waals surface area contributed by atoms with Crippen molar-refractivity contribution in [1.29, 1.82) is 0 Å². The molecule has 1 aliphatic rings. The molecule has 134 valence electrons. The Balaban J connectivity index is 1.80. The number of alkyl halides is 2. The van der Waals surface area contributed by atoms with Crippen molar-refractivity contribution >= 4 is 5.91 Å². The van der Waals surface area contributed by atoms with E-state index >= 15 is 0 Å². The molecule has 6 nitrogen and oxygen atoms in total. The van der Waals surface area contributed by atoms with Gasteiger partial charge in [0.15, 0.2) is 11.5 Å². The first-order chi connectivity index (χ1) is 11.6. The highest BCUT2D eigenvalue weighted by Gasteiger charge is 2.14. The summed E-state index contributed by atoms with van der Waals surface area (Å²) in [6, 6.07) is 4.13. The van der Waals surface area contributed by atoms with E-state index in [4.69, 9.17) is 4.74 Å². The second-order valence-electron chi connectivity index (χ2n) is 5.45. The number of benzene rings is 1. The maximum absolute atomic E-state index is 12.3. The Kier molecular flexibility index (Phi) is 7.20. The van der Waals surface area contributed by atoms with Crippen molar-refractivity contribution in [3.8, 4) is 11.5 Å². The maximum Gasteiger partial charge on any atom is 0.387 e. The van der Waals surface area contributed by atoms with Gasteiger partial charge in [-0.2, -0.15) is 8.78 Å². The fraction of sp³-hybridized carbons (Fsp3) is 0.562. The fourth-order valence-electron chi connectivity index (χ4n) is 2.54. The molecule has 2 N–H and O–H groups in total. The second kappa shape index (κ2) is 9.39. The summed E-state index contributed by atoms with van der Waals surface area (Å²) in [4.78, 5) is 14.5. The van der Waals surface area contributed by atoms with Gasteiger partial charge in [0, 0.05) is 38.3 Å². The zero-order valence-corrected chi connectivity index (χ0v) is 13.7. The van der Waals surface area contributed by atoms with E-state index in [1.807, 2.05) is 0 Å². The van der Waals surface area contributed by atoms with Crippen LogP contribution in [-0.2, 0) is 0 Å². The maximum atomic E-state index is 12.3. The minimum absolute atomic E-state index is 0.0947. The highest BCUT2D eigenvalue weighted by molar-refractivity contribution is 5.94. The highest BCUT2D eigenvalue weighted by Crippen LogP contribution is 2.29. The van der Waals surface area contributed by atoms with Crippen LogP contribution in [0.3, 0.4) is 0 Å². The Hall–Kier alpha value is -1.93. The van der Waals surface area contributed by atoms with Gasteiger partial charge in [-0.15, -0.1) is 0 Å². The summed E-state index contributed by atoms with van der Waals surface area (Å²) in [7, 11) is 1.34. The molecule has 1 amide bonds. The Morgan fingerprint density at radius 1 is 1.33 bits per heavy atom. The molecule has 1 aromatic rings. The number of nitrogens with zero attached hydrogens (tertiary/aromatic N) is 1. The highest BCUT2D eigenvalue weighted by atomic mass is 19.3. The molecule has 0 saturated carbocycles. The number of ether oxygens (including phenoxy) is 2. The number of hydrogen-bond acceptors (Lipinski definition) is 5. The van der Waals surface area contributed by atoms with Crippen molar-refractivity contribution in [2.75, 3.05) is 46.4 Å². The van der Waals surface area contributed by atoms with E-state index in [-0.39, 0.29) is 17.4 Å². The molecule has 0 aliphatic carbocycles. The number of amides is 1. The topological polar surface area (TPSA) is 62.8 Å². The Morgan fingerprint density at radius 2 is 2.08 bits per heavy atom. The lowest BCUT2D eigenvalue weighted by molar-refractivity contribution is -0.0512. The smallest absolute Gasteiger partial charge is 0.387 e. The monoisotopic (exact) mass is 343 g/mol. The Morgan fingerprint density at radius 3 is 2.75 bits per heavy atom. The lowest BCUT2D eigenvalue weighted by Gasteiger charge is -2.27. The van der Waals surface area contributed by atoms with Crippen molar-refractivity contribution in [3.63, 3.8) is 0 Å². The van der Waals surface area contributed by atoms with Gasteiger partial charge in [-0.1, -0.05) is 0 Å². The number of nitrogens with one attached hydrogen (secondary N) is 2. The molecule has 8 heteroatoms. The number of rotatable bonds is 8. The minimum Gasteiger partial charge on any atom is -0.493 e. The average molecular weight is 343 g/mol. The summed E-state index contributed by atoms with van der Waals surface area (Å²) in [5.41, 5.74) is 0.343. The first-order valence-corrected chi connectivity index (χ1v) is 7.94. The van der Waals surface area contributed by atoms with Gasteiger partial charge in [0.1, 0.15) is 0 Å². The first-order valence-electron chi connectivity index (χ1n) is 7.94. The van der Waals surface area contributed by atoms with Gasteiger partial charge >= 0.3 is 6.61 Å². The van der Waals surface area contributed by atoms with Gasteiger partial charge in [0.05, 0.1) is 7.11 Å². The van der Waals surface area contributed by atoms with Gasteiger partial charge in [-0.25, -0.2) is 0 Å². The summed E-state index contributed by atoms with van der Waals surface area (Å²) in [6.45, 7) is 2.60. The van der Waals surface area contributed by atoms with Crippen molar-refractivity contribution in [2.24, 2.45) is 0 Å². The predicted molar refractivity (Wildman–Crippen MR) is 85.9 cm³/mol. The summed E-state index contributed by atoms with van der Waals surface area (Å²) >= 11 is 0. The fourth-order valence-corrected chi connectivity index (χ4v) is 2.54. The third-order valence-corrected chi connectivity index (χ3v) is 3.79. The lowest BCUT2D eigenvalue weighted by atomic mass is 10.2. The predicted octanol–water partition coefficient (Wildman–Crippen LogP) is 1.32. The SMILES string of the molecule is COc1cc(C(=O)NCCCN2CCNCC2)ccc1OC(F)F. The van der Waals surface area contributed by atoms with E-state index in [0.717, 1.165) is 39.1 Å². The van der Waals surface area contributed by atoms with Gasteiger partial charge in [0.2, 0.25) is 0 Å². The van der Waals surface area contributed by atoms with Crippen molar-refractivity contribution < 1.29 is 23.0 Å². The number of carbonyl (C=O) groups excluding carboxylic acids is 1. The van der Waals surface area contributed by atoms with Crippen molar-refractivity contribution in [3.05, 3.63) is 23.8 Å². The third-order valence-electron chi connectivity index (χ3n) is 3.79. The van der Waals surface area contributed by atoms with Gasteiger partial charge < -0.3 is 25.0 Å². The summed E-state index contributed by atoms with van der Waals surface area (Å²) in [6.07, 6.45) is 0.857. The van der Waals surface area contributed by atoms with Crippen LogP contribution in [0.2, 0.25) is 0 Å². The van der Waals surface area contributed by atoms with Crippen molar-refractivity contribution in [2.45, 2.75) is 13.0 Å². The van der Waals surface area contributed by atoms with E-state index in [1.165, 1.54) is 25.3 Å². The first kappa shape index (κ1) is 18.4. The molecule has 1 saturated heterocycles. The van der Waals surface area contributed by atoms with Crippen LogP contribution in [0.15, 0.2) is 18.2 Å². The van der Waals surface area contributed by atoms with E-state index in [9.17, 15) is 13.6 Å². The quantitative estimate of drug-likeness (QED) is 0.697. The van der Waals surface area contributed by atoms with E-state index < -0.39 is 6.61 Å². The van der Waals surface area contributed by atoms with Gasteiger partial charge in [-0.3, -0.25) is 4.79 Å². The van der Waals surface area contributed by atoms with Crippen LogP contribution >= 0.6 is 0 Å². The van der Waals surface area contributed by atoms with Gasteiger partial charge in [-0.05, 0) is 31.2 Å². The van der Waals surface area contributed by atoms with E-state index in [2.05, 4.69) is 20.3 Å². The van der Waals surface area contributed by atoms with E-state index in [1.54, 1.807) is 0 Å². The molecule has 0 bridgehead atoms. The normalized spacial score (nSPS) is 15.3. The number of piperazine rings is 1. The molecule has 0 spiro atoms. The van der Waals surface area contributed by atoms with Crippen molar-refractivity contribution in [1.82, 2.24) is 15.5 Å². The number of methoxy groups -OCH3 is 1. The van der Waals surface area contributed by atoms with E-state index in [0.29, 0.717) is 12.1 Å². The largest absolute Gasteiger partial charge is 0.493 e. The number of halogens is 2. The number of carbonyl (C=O) groups is 1. The summed E-state index contributed by atoms with van der Waals surface area (Å²) in [5, 5.41) is 6.12. The summed E-state index contributed by atoms with van der Waals surface area (Å²) in [5.74, 6) is -0.260.